The van der Waals surface area contributed by atoms with Crippen molar-refractivity contribution in [2.24, 2.45) is 0 Å². The van der Waals surface area contributed by atoms with E-state index < -0.39 is 5.97 Å². The number of carboxylic acids is 1. The van der Waals surface area contributed by atoms with Gasteiger partial charge in [0.15, 0.2) is 0 Å². The lowest BCUT2D eigenvalue weighted by atomic mass is 9.82. The van der Waals surface area contributed by atoms with Crippen molar-refractivity contribution in [3.8, 4) is 0 Å². The number of nitrogens with zero attached hydrogens (tertiary/aromatic N) is 2. The maximum Gasteiger partial charge on any atom is 0.345 e. The molecule has 4 heterocycles. The molecule has 0 atom stereocenters. The molecule has 1 saturated heterocycles. The molecule has 4 rings (SSSR count). The molecule has 2 aliphatic heterocycles. The first-order valence-electron chi connectivity index (χ1n) is 8.26. The average Bonchev–Trinajstić information content (AvgIpc) is 3.02. The van der Waals surface area contributed by atoms with Crippen LogP contribution >= 0.6 is 11.3 Å². The molecule has 0 amide bonds. The molecule has 0 bridgehead atoms. The molecule has 2 aliphatic rings. The number of piperidine rings is 1. The molecule has 0 aromatic carbocycles. The van der Waals surface area contributed by atoms with Crippen LogP contribution in [-0.2, 0) is 16.8 Å². The van der Waals surface area contributed by atoms with Crippen LogP contribution in [0.1, 0.15) is 38.6 Å². The summed E-state index contributed by atoms with van der Waals surface area (Å²) in [4.78, 5) is 19.8. The highest BCUT2D eigenvalue weighted by atomic mass is 32.1. The Hall–Kier alpha value is -1.92. The van der Waals surface area contributed by atoms with Crippen molar-refractivity contribution in [3.63, 3.8) is 0 Å². The van der Waals surface area contributed by atoms with E-state index in [1.807, 2.05) is 31.2 Å². The normalized spacial score (nSPS) is 19.3. The van der Waals surface area contributed by atoms with Crippen LogP contribution in [0.3, 0.4) is 0 Å². The summed E-state index contributed by atoms with van der Waals surface area (Å²) in [5.41, 5.74) is 1.80. The van der Waals surface area contributed by atoms with Crippen LogP contribution in [-0.4, -0.2) is 35.8 Å². The molecule has 2 aromatic rings. The van der Waals surface area contributed by atoms with Gasteiger partial charge < -0.3 is 14.7 Å². The molecule has 24 heavy (non-hydrogen) atoms. The Bertz CT molecular complexity index is 778. The number of thiophene rings is 1. The molecule has 6 heteroatoms. The minimum absolute atomic E-state index is 0.321. The van der Waals surface area contributed by atoms with Crippen LogP contribution in [0.15, 0.2) is 24.3 Å². The van der Waals surface area contributed by atoms with E-state index in [9.17, 15) is 9.90 Å². The maximum atomic E-state index is 11.3. The van der Waals surface area contributed by atoms with Gasteiger partial charge in [0.2, 0.25) is 0 Å². The predicted octanol–water partition coefficient (Wildman–Crippen LogP) is 3.22. The summed E-state index contributed by atoms with van der Waals surface area (Å²) < 4.78 is 6.20. The number of aryl methyl sites for hydroxylation is 1. The van der Waals surface area contributed by atoms with Crippen molar-refractivity contribution < 1.29 is 14.6 Å². The van der Waals surface area contributed by atoms with Crippen LogP contribution in [0, 0.1) is 6.92 Å². The topological polar surface area (TPSA) is 62.7 Å². The summed E-state index contributed by atoms with van der Waals surface area (Å²) in [6.45, 7) is 4.42. The van der Waals surface area contributed by atoms with Gasteiger partial charge in [0.05, 0.1) is 12.2 Å². The molecule has 1 N–H and O–H groups in total. The van der Waals surface area contributed by atoms with E-state index >= 15 is 0 Å². The number of carbonyl (C=O) groups is 1. The lowest BCUT2D eigenvalue weighted by Crippen LogP contribution is -2.46. The van der Waals surface area contributed by atoms with Crippen molar-refractivity contribution in [2.45, 2.75) is 31.8 Å². The van der Waals surface area contributed by atoms with E-state index in [1.165, 1.54) is 16.2 Å². The third kappa shape index (κ3) is 2.59. The number of pyridine rings is 1. The molecule has 1 fully saturated rings. The average molecular weight is 344 g/mol. The maximum absolute atomic E-state index is 11.3. The predicted molar refractivity (Wildman–Crippen MR) is 93.0 cm³/mol. The highest BCUT2D eigenvalue weighted by Crippen LogP contribution is 2.45. The number of aromatic carboxylic acids is 1. The molecule has 2 aromatic heterocycles. The molecule has 1 spiro atoms. The number of carboxylic acid groups (broad SMARTS) is 1. The van der Waals surface area contributed by atoms with Crippen molar-refractivity contribution in [1.82, 2.24) is 4.98 Å². The number of ether oxygens (including phenoxy) is 1. The van der Waals surface area contributed by atoms with Crippen LogP contribution in [0.25, 0.3) is 0 Å². The Balaban J connectivity index is 1.58. The van der Waals surface area contributed by atoms with Gasteiger partial charge in [-0.3, -0.25) is 0 Å². The van der Waals surface area contributed by atoms with Gasteiger partial charge in [0, 0.05) is 30.1 Å². The number of hydrogen-bond donors (Lipinski definition) is 1. The summed E-state index contributed by atoms with van der Waals surface area (Å²) in [5, 5.41) is 9.29. The van der Waals surface area contributed by atoms with Crippen molar-refractivity contribution in [2.75, 3.05) is 24.6 Å². The number of fused-ring (bicyclic) bond motifs is 2. The first kappa shape index (κ1) is 15.6. The van der Waals surface area contributed by atoms with Crippen molar-refractivity contribution in [1.29, 1.82) is 0 Å². The molecule has 0 saturated carbocycles. The molecule has 0 unspecified atom stereocenters. The number of rotatable bonds is 2. The van der Waals surface area contributed by atoms with Gasteiger partial charge in [-0.25, -0.2) is 9.78 Å². The molecular formula is C18H20N2O3S. The Kier molecular flexibility index (Phi) is 3.81. The SMILES string of the molecule is Cc1cccc(N2CCC3(CC2)OCCc2sc(C(=O)O)cc23)n1. The van der Waals surface area contributed by atoms with E-state index in [2.05, 4.69) is 9.88 Å². The van der Waals surface area contributed by atoms with Gasteiger partial charge in [-0.15, -0.1) is 11.3 Å². The van der Waals surface area contributed by atoms with E-state index in [0.717, 1.165) is 49.4 Å². The second-order valence-corrected chi connectivity index (χ2v) is 7.61. The highest BCUT2D eigenvalue weighted by molar-refractivity contribution is 7.14. The number of aromatic nitrogens is 1. The van der Waals surface area contributed by atoms with Crippen LogP contribution in [0.4, 0.5) is 5.82 Å². The largest absolute Gasteiger partial charge is 0.477 e. The molecule has 126 valence electrons. The lowest BCUT2D eigenvalue weighted by Gasteiger charge is -2.44. The molecule has 0 radical (unpaired) electrons. The summed E-state index contributed by atoms with van der Waals surface area (Å²) >= 11 is 1.40. The monoisotopic (exact) mass is 344 g/mol. The van der Waals surface area contributed by atoms with Gasteiger partial charge in [-0.2, -0.15) is 0 Å². The zero-order valence-corrected chi connectivity index (χ0v) is 14.4. The summed E-state index contributed by atoms with van der Waals surface area (Å²) in [7, 11) is 0. The summed E-state index contributed by atoms with van der Waals surface area (Å²) in [6.07, 6.45) is 2.55. The third-order valence-electron chi connectivity index (χ3n) is 4.99. The fraction of sp³-hybridized carbons (Fsp3) is 0.444. The highest BCUT2D eigenvalue weighted by Gasteiger charge is 2.42. The van der Waals surface area contributed by atoms with E-state index in [-0.39, 0.29) is 5.60 Å². The minimum atomic E-state index is -0.842. The molecular weight excluding hydrogens is 324 g/mol. The summed E-state index contributed by atoms with van der Waals surface area (Å²) in [5.74, 6) is 0.170. The minimum Gasteiger partial charge on any atom is -0.477 e. The van der Waals surface area contributed by atoms with Gasteiger partial charge in [0.1, 0.15) is 10.7 Å². The van der Waals surface area contributed by atoms with Gasteiger partial charge in [0.25, 0.3) is 0 Å². The van der Waals surface area contributed by atoms with Crippen molar-refractivity contribution in [3.05, 3.63) is 45.3 Å². The lowest BCUT2D eigenvalue weighted by molar-refractivity contribution is -0.0757. The smallest absolute Gasteiger partial charge is 0.345 e. The first-order valence-corrected chi connectivity index (χ1v) is 9.08. The second kappa shape index (κ2) is 5.86. The van der Waals surface area contributed by atoms with E-state index in [4.69, 9.17) is 4.74 Å². The Labute approximate surface area is 144 Å². The van der Waals surface area contributed by atoms with Crippen LogP contribution in [0.5, 0.6) is 0 Å². The molecule has 0 aliphatic carbocycles. The van der Waals surface area contributed by atoms with Crippen molar-refractivity contribution >= 4 is 23.1 Å². The Morgan fingerprint density at radius 3 is 2.88 bits per heavy atom. The van der Waals surface area contributed by atoms with E-state index in [1.54, 1.807) is 0 Å². The summed E-state index contributed by atoms with van der Waals surface area (Å²) in [6, 6.07) is 7.92. The molecule has 5 nitrogen and oxygen atoms in total. The zero-order valence-electron chi connectivity index (χ0n) is 13.6. The Morgan fingerprint density at radius 1 is 1.38 bits per heavy atom. The zero-order chi connectivity index (χ0) is 16.7. The van der Waals surface area contributed by atoms with Crippen LogP contribution in [0.2, 0.25) is 0 Å². The van der Waals surface area contributed by atoms with Gasteiger partial charge in [-0.1, -0.05) is 6.07 Å². The van der Waals surface area contributed by atoms with Crippen LogP contribution < -0.4 is 4.90 Å². The Morgan fingerprint density at radius 2 is 2.17 bits per heavy atom. The number of anilines is 1. The third-order valence-corrected chi connectivity index (χ3v) is 6.17. The quantitative estimate of drug-likeness (QED) is 0.906. The van der Waals surface area contributed by atoms with Gasteiger partial charge in [-0.05, 0) is 43.5 Å². The van der Waals surface area contributed by atoms with Gasteiger partial charge >= 0.3 is 5.97 Å². The first-order chi connectivity index (χ1) is 11.6. The fourth-order valence-corrected chi connectivity index (χ4v) is 4.81. The standard InChI is InChI=1S/C18H20N2O3S/c1-12-3-2-4-16(19-12)20-8-6-18(7-9-20)13-11-15(17(21)22)24-14(13)5-10-23-18/h2-4,11H,5-10H2,1H3,(H,21,22). The number of hydrogen-bond acceptors (Lipinski definition) is 5. The second-order valence-electron chi connectivity index (χ2n) is 6.47. The van der Waals surface area contributed by atoms with E-state index in [0.29, 0.717) is 11.5 Å². The fourth-order valence-electron chi connectivity index (χ4n) is 3.74.